The SMILES string of the molecule is CCNC(C)c1c(OC)cccc1N1CCOC(CO)C1. The zero-order valence-corrected chi connectivity index (χ0v) is 13.1. The Balaban J connectivity index is 2.33. The minimum atomic E-state index is -0.118. The second-order valence-electron chi connectivity index (χ2n) is 5.29. The minimum Gasteiger partial charge on any atom is -0.496 e. The van der Waals surface area contributed by atoms with E-state index in [4.69, 9.17) is 9.47 Å². The van der Waals surface area contributed by atoms with Crippen LogP contribution in [0.4, 0.5) is 5.69 Å². The third-order valence-corrected chi connectivity index (χ3v) is 3.89. The number of morpholine rings is 1. The Bertz CT molecular complexity index is 453. The first-order valence-corrected chi connectivity index (χ1v) is 7.58. The molecule has 1 fully saturated rings. The molecular formula is C16H26N2O3. The van der Waals surface area contributed by atoms with E-state index in [9.17, 15) is 5.11 Å². The second kappa shape index (κ2) is 7.64. The van der Waals surface area contributed by atoms with Crippen LogP contribution in [0.1, 0.15) is 25.5 Å². The Morgan fingerprint density at radius 1 is 1.52 bits per heavy atom. The zero-order valence-electron chi connectivity index (χ0n) is 13.1. The molecule has 0 spiro atoms. The van der Waals surface area contributed by atoms with Gasteiger partial charge >= 0.3 is 0 Å². The van der Waals surface area contributed by atoms with Crippen LogP contribution in [-0.2, 0) is 4.74 Å². The van der Waals surface area contributed by atoms with Gasteiger partial charge in [0.1, 0.15) is 5.75 Å². The van der Waals surface area contributed by atoms with Crippen molar-refractivity contribution in [2.75, 3.05) is 44.9 Å². The average molecular weight is 294 g/mol. The van der Waals surface area contributed by atoms with E-state index in [1.54, 1.807) is 7.11 Å². The molecule has 118 valence electrons. The van der Waals surface area contributed by atoms with Crippen molar-refractivity contribution in [3.8, 4) is 5.75 Å². The van der Waals surface area contributed by atoms with Gasteiger partial charge in [-0.1, -0.05) is 13.0 Å². The molecule has 0 radical (unpaired) electrons. The molecule has 1 heterocycles. The molecule has 2 unspecified atom stereocenters. The van der Waals surface area contributed by atoms with Crippen molar-refractivity contribution in [2.45, 2.75) is 26.0 Å². The topological polar surface area (TPSA) is 54.0 Å². The second-order valence-corrected chi connectivity index (χ2v) is 5.29. The summed E-state index contributed by atoms with van der Waals surface area (Å²) in [6, 6.07) is 6.33. The number of nitrogens with one attached hydrogen (secondary N) is 1. The third kappa shape index (κ3) is 3.67. The Kier molecular flexibility index (Phi) is 5.85. The van der Waals surface area contributed by atoms with Gasteiger partial charge in [0.05, 0.1) is 26.4 Å². The van der Waals surface area contributed by atoms with Gasteiger partial charge in [-0.05, 0) is 25.6 Å². The number of rotatable bonds is 6. The Hall–Kier alpha value is -1.30. The molecule has 1 aliphatic heterocycles. The van der Waals surface area contributed by atoms with Crippen molar-refractivity contribution in [1.82, 2.24) is 5.32 Å². The lowest BCUT2D eigenvalue weighted by Gasteiger charge is -2.36. The third-order valence-electron chi connectivity index (χ3n) is 3.89. The molecule has 0 aromatic heterocycles. The van der Waals surface area contributed by atoms with Gasteiger partial charge in [0, 0.05) is 30.4 Å². The molecule has 1 aliphatic rings. The maximum absolute atomic E-state index is 9.33. The molecule has 0 aliphatic carbocycles. The fraction of sp³-hybridized carbons (Fsp3) is 0.625. The van der Waals surface area contributed by atoms with Crippen LogP contribution >= 0.6 is 0 Å². The monoisotopic (exact) mass is 294 g/mol. The summed E-state index contributed by atoms with van der Waals surface area (Å²) in [7, 11) is 1.71. The Morgan fingerprint density at radius 3 is 3.00 bits per heavy atom. The number of benzene rings is 1. The van der Waals surface area contributed by atoms with Gasteiger partial charge in [0.25, 0.3) is 0 Å². The number of anilines is 1. The summed E-state index contributed by atoms with van der Waals surface area (Å²) in [5.74, 6) is 0.896. The fourth-order valence-electron chi connectivity index (χ4n) is 2.88. The summed E-state index contributed by atoms with van der Waals surface area (Å²) in [6.07, 6.45) is -0.118. The van der Waals surface area contributed by atoms with Crippen LogP contribution in [-0.4, -0.2) is 51.2 Å². The van der Waals surface area contributed by atoms with E-state index in [1.165, 1.54) is 5.56 Å². The molecule has 1 saturated heterocycles. The van der Waals surface area contributed by atoms with Crippen LogP contribution in [0.5, 0.6) is 5.75 Å². The maximum atomic E-state index is 9.33. The largest absolute Gasteiger partial charge is 0.496 e. The fourth-order valence-corrected chi connectivity index (χ4v) is 2.88. The van der Waals surface area contributed by atoms with Crippen LogP contribution in [0, 0.1) is 0 Å². The van der Waals surface area contributed by atoms with E-state index < -0.39 is 0 Å². The summed E-state index contributed by atoms with van der Waals surface area (Å²) >= 11 is 0. The van der Waals surface area contributed by atoms with Crippen molar-refractivity contribution in [3.63, 3.8) is 0 Å². The lowest BCUT2D eigenvalue weighted by atomic mass is 10.0. The summed E-state index contributed by atoms with van der Waals surface area (Å²) in [4.78, 5) is 2.27. The van der Waals surface area contributed by atoms with E-state index in [-0.39, 0.29) is 18.8 Å². The summed E-state index contributed by atoms with van der Waals surface area (Å²) in [5, 5.41) is 12.8. The van der Waals surface area contributed by atoms with Gasteiger partial charge in [-0.2, -0.15) is 0 Å². The molecule has 0 amide bonds. The maximum Gasteiger partial charge on any atom is 0.125 e. The van der Waals surface area contributed by atoms with Gasteiger partial charge in [0.2, 0.25) is 0 Å². The smallest absolute Gasteiger partial charge is 0.125 e. The molecule has 0 bridgehead atoms. The first-order valence-electron chi connectivity index (χ1n) is 7.58. The number of aliphatic hydroxyl groups excluding tert-OH is 1. The zero-order chi connectivity index (χ0) is 15.2. The number of aliphatic hydroxyl groups is 1. The van der Waals surface area contributed by atoms with Crippen LogP contribution in [0.25, 0.3) is 0 Å². The highest BCUT2D eigenvalue weighted by Gasteiger charge is 2.24. The van der Waals surface area contributed by atoms with Crippen LogP contribution < -0.4 is 15.0 Å². The minimum absolute atomic E-state index is 0.0541. The number of methoxy groups -OCH3 is 1. The van der Waals surface area contributed by atoms with Gasteiger partial charge in [-0.25, -0.2) is 0 Å². The highest BCUT2D eigenvalue weighted by molar-refractivity contribution is 5.61. The first-order chi connectivity index (χ1) is 10.2. The van der Waals surface area contributed by atoms with Gasteiger partial charge in [-0.3, -0.25) is 0 Å². The molecule has 2 N–H and O–H groups in total. The van der Waals surface area contributed by atoms with E-state index in [2.05, 4.69) is 30.1 Å². The van der Waals surface area contributed by atoms with E-state index in [0.717, 1.165) is 24.5 Å². The average Bonchev–Trinajstić information content (AvgIpc) is 2.54. The molecule has 5 heteroatoms. The first kappa shape index (κ1) is 16.1. The van der Waals surface area contributed by atoms with E-state index >= 15 is 0 Å². The molecule has 2 atom stereocenters. The van der Waals surface area contributed by atoms with Crippen LogP contribution in [0.3, 0.4) is 0 Å². The molecule has 2 rings (SSSR count). The Labute approximate surface area is 126 Å². The Morgan fingerprint density at radius 2 is 2.33 bits per heavy atom. The number of hydrogen-bond acceptors (Lipinski definition) is 5. The van der Waals surface area contributed by atoms with Crippen LogP contribution in [0.2, 0.25) is 0 Å². The summed E-state index contributed by atoms with van der Waals surface area (Å²) in [6.45, 7) is 7.37. The number of ether oxygens (including phenoxy) is 2. The van der Waals surface area contributed by atoms with Crippen molar-refractivity contribution < 1.29 is 14.6 Å². The number of hydrogen-bond donors (Lipinski definition) is 2. The van der Waals surface area contributed by atoms with Gasteiger partial charge in [0.15, 0.2) is 0 Å². The normalized spacial score (nSPS) is 20.4. The summed E-state index contributed by atoms with van der Waals surface area (Å²) < 4.78 is 11.1. The van der Waals surface area contributed by atoms with E-state index in [0.29, 0.717) is 13.2 Å². The molecule has 1 aromatic carbocycles. The van der Waals surface area contributed by atoms with Crippen molar-refractivity contribution in [1.29, 1.82) is 0 Å². The quantitative estimate of drug-likeness (QED) is 0.834. The lowest BCUT2D eigenvalue weighted by Crippen LogP contribution is -2.44. The van der Waals surface area contributed by atoms with Gasteiger partial charge in [-0.15, -0.1) is 0 Å². The predicted octanol–water partition coefficient (Wildman–Crippen LogP) is 1.56. The highest BCUT2D eigenvalue weighted by Crippen LogP contribution is 2.35. The molecule has 1 aromatic rings. The van der Waals surface area contributed by atoms with Gasteiger partial charge < -0.3 is 24.8 Å². The van der Waals surface area contributed by atoms with Crippen molar-refractivity contribution in [3.05, 3.63) is 23.8 Å². The standard InChI is InChI=1S/C16H26N2O3/c1-4-17-12(2)16-14(6-5-7-15(16)20-3)18-8-9-21-13(10-18)11-19/h5-7,12-13,17,19H,4,8-11H2,1-3H3. The summed E-state index contributed by atoms with van der Waals surface area (Å²) in [5.41, 5.74) is 2.32. The van der Waals surface area contributed by atoms with E-state index in [1.807, 2.05) is 12.1 Å². The number of nitrogens with zero attached hydrogens (tertiary/aromatic N) is 1. The molecule has 0 saturated carbocycles. The van der Waals surface area contributed by atoms with Crippen molar-refractivity contribution in [2.24, 2.45) is 0 Å². The van der Waals surface area contributed by atoms with Crippen molar-refractivity contribution >= 4 is 5.69 Å². The predicted molar refractivity (Wildman–Crippen MR) is 84.1 cm³/mol. The molecule has 21 heavy (non-hydrogen) atoms. The van der Waals surface area contributed by atoms with Crippen LogP contribution in [0.15, 0.2) is 18.2 Å². The lowest BCUT2D eigenvalue weighted by molar-refractivity contribution is 0.00350. The molecule has 5 nitrogen and oxygen atoms in total. The molecular weight excluding hydrogens is 268 g/mol. The highest BCUT2D eigenvalue weighted by atomic mass is 16.5.